The lowest BCUT2D eigenvalue weighted by Gasteiger charge is -2.32. The molecule has 1 aromatic rings. The summed E-state index contributed by atoms with van der Waals surface area (Å²) in [5.74, 6) is 0. The number of hydrogen-bond acceptors (Lipinski definition) is 2. The Balaban J connectivity index is 1.99. The van der Waals surface area contributed by atoms with Crippen molar-refractivity contribution in [2.24, 2.45) is 0 Å². The van der Waals surface area contributed by atoms with Crippen molar-refractivity contribution in [3.05, 3.63) is 35.4 Å². The molecule has 0 amide bonds. The number of aryl methyl sites for hydroxylation is 1. The van der Waals surface area contributed by atoms with Gasteiger partial charge in [-0.1, -0.05) is 24.3 Å². The van der Waals surface area contributed by atoms with Gasteiger partial charge < -0.3 is 10.1 Å². The Bertz CT molecular complexity index is 350. The molecule has 15 heavy (non-hydrogen) atoms. The maximum Gasteiger partial charge on any atom is 0.0981 e. The van der Waals surface area contributed by atoms with E-state index in [0.717, 1.165) is 13.2 Å². The molecule has 2 atom stereocenters. The molecular formula is C13H17NO. The van der Waals surface area contributed by atoms with Gasteiger partial charge in [0.1, 0.15) is 0 Å². The molecule has 1 aliphatic heterocycles. The highest BCUT2D eigenvalue weighted by atomic mass is 16.5. The van der Waals surface area contributed by atoms with Crippen molar-refractivity contribution in [1.29, 1.82) is 0 Å². The minimum Gasteiger partial charge on any atom is -0.371 e. The SMILES string of the molecule is c1ccc2c(c1)CCC[C@@H]1NCCO[C@@H]21. The van der Waals surface area contributed by atoms with Crippen molar-refractivity contribution >= 4 is 0 Å². The molecule has 0 saturated carbocycles. The van der Waals surface area contributed by atoms with E-state index in [1.54, 1.807) is 0 Å². The second kappa shape index (κ2) is 3.95. The number of nitrogens with one attached hydrogen (secondary N) is 1. The molecule has 3 rings (SSSR count). The van der Waals surface area contributed by atoms with Gasteiger partial charge in [-0.25, -0.2) is 0 Å². The molecule has 0 radical (unpaired) electrons. The van der Waals surface area contributed by atoms with Crippen LogP contribution in [0.5, 0.6) is 0 Å². The number of ether oxygens (including phenoxy) is 1. The zero-order valence-corrected chi connectivity index (χ0v) is 8.91. The van der Waals surface area contributed by atoms with Gasteiger partial charge in [0.2, 0.25) is 0 Å². The van der Waals surface area contributed by atoms with Gasteiger partial charge in [0.25, 0.3) is 0 Å². The van der Waals surface area contributed by atoms with Gasteiger partial charge in [0.15, 0.2) is 0 Å². The molecule has 0 bridgehead atoms. The summed E-state index contributed by atoms with van der Waals surface area (Å²) >= 11 is 0. The van der Waals surface area contributed by atoms with Crippen LogP contribution in [-0.4, -0.2) is 19.2 Å². The topological polar surface area (TPSA) is 21.3 Å². The summed E-state index contributed by atoms with van der Waals surface area (Å²) in [6, 6.07) is 9.26. The van der Waals surface area contributed by atoms with Crippen molar-refractivity contribution < 1.29 is 4.74 Å². The molecule has 80 valence electrons. The first-order valence-corrected chi connectivity index (χ1v) is 5.88. The summed E-state index contributed by atoms with van der Waals surface area (Å²) in [4.78, 5) is 0. The van der Waals surface area contributed by atoms with Crippen LogP contribution < -0.4 is 5.32 Å². The Morgan fingerprint density at radius 1 is 1.27 bits per heavy atom. The van der Waals surface area contributed by atoms with Gasteiger partial charge in [0, 0.05) is 12.6 Å². The number of rotatable bonds is 0. The van der Waals surface area contributed by atoms with Crippen LogP contribution in [0.25, 0.3) is 0 Å². The highest BCUT2D eigenvalue weighted by molar-refractivity contribution is 5.31. The first-order valence-electron chi connectivity index (χ1n) is 5.88. The average Bonchev–Trinajstić information content (AvgIpc) is 2.48. The van der Waals surface area contributed by atoms with Crippen LogP contribution in [0.2, 0.25) is 0 Å². The molecule has 2 nitrogen and oxygen atoms in total. The van der Waals surface area contributed by atoms with Crippen molar-refractivity contribution in [2.45, 2.75) is 31.4 Å². The first-order chi connectivity index (χ1) is 7.45. The van der Waals surface area contributed by atoms with Gasteiger partial charge in [-0.05, 0) is 30.4 Å². The van der Waals surface area contributed by atoms with Crippen LogP contribution in [0.3, 0.4) is 0 Å². The monoisotopic (exact) mass is 203 g/mol. The molecule has 1 fully saturated rings. The highest BCUT2D eigenvalue weighted by Gasteiger charge is 2.30. The maximum atomic E-state index is 5.93. The van der Waals surface area contributed by atoms with Crippen LogP contribution in [0.4, 0.5) is 0 Å². The summed E-state index contributed by atoms with van der Waals surface area (Å²) in [6.45, 7) is 1.85. The normalized spacial score (nSPS) is 30.1. The molecule has 1 aliphatic carbocycles. The van der Waals surface area contributed by atoms with E-state index in [-0.39, 0.29) is 6.10 Å². The Morgan fingerprint density at radius 3 is 3.20 bits per heavy atom. The maximum absolute atomic E-state index is 5.93. The Morgan fingerprint density at radius 2 is 2.20 bits per heavy atom. The highest BCUT2D eigenvalue weighted by Crippen LogP contribution is 2.32. The lowest BCUT2D eigenvalue weighted by atomic mass is 9.98. The van der Waals surface area contributed by atoms with E-state index in [2.05, 4.69) is 29.6 Å². The summed E-state index contributed by atoms with van der Waals surface area (Å²) in [7, 11) is 0. The second-order valence-electron chi connectivity index (χ2n) is 4.44. The molecule has 1 heterocycles. The van der Waals surface area contributed by atoms with E-state index in [4.69, 9.17) is 4.74 Å². The molecule has 0 spiro atoms. The largest absolute Gasteiger partial charge is 0.371 e. The summed E-state index contributed by atoms with van der Waals surface area (Å²) in [6.07, 6.45) is 4.00. The van der Waals surface area contributed by atoms with Crippen molar-refractivity contribution in [3.63, 3.8) is 0 Å². The third-order valence-corrected chi connectivity index (χ3v) is 3.49. The standard InChI is InChI=1S/C13H17NO/c1-2-6-11-10(4-1)5-3-7-12-13(11)15-9-8-14-12/h1-2,4,6,12-14H,3,5,7-9H2/t12-,13-/m0/s1. The number of morpholine rings is 1. The average molecular weight is 203 g/mol. The number of fused-ring (bicyclic) bond motifs is 3. The third-order valence-electron chi connectivity index (χ3n) is 3.49. The quantitative estimate of drug-likeness (QED) is 0.697. The fourth-order valence-electron chi connectivity index (χ4n) is 2.77. The zero-order valence-electron chi connectivity index (χ0n) is 8.91. The van der Waals surface area contributed by atoms with E-state index >= 15 is 0 Å². The van der Waals surface area contributed by atoms with Gasteiger partial charge in [-0.2, -0.15) is 0 Å². The number of benzene rings is 1. The van der Waals surface area contributed by atoms with Crippen LogP contribution in [0.1, 0.15) is 30.1 Å². The van der Waals surface area contributed by atoms with Gasteiger partial charge in [-0.3, -0.25) is 0 Å². The summed E-state index contributed by atoms with van der Waals surface area (Å²) in [5, 5.41) is 3.58. The molecule has 2 aliphatic rings. The van der Waals surface area contributed by atoms with Gasteiger partial charge >= 0.3 is 0 Å². The van der Waals surface area contributed by atoms with Crippen LogP contribution >= 0.6 is 0 Å². The lowest BCUT2D eigenvalue weighted by molar-refractivity contribution is -0.00645. The lowest BCUT2D eigenvalue weighted by Crippen LogP contribution is -2.43. The Kier molecular flexibility index (Phi) is 2.47. The minimum absolute atomic E-state index is 0.289. The van der Waals surface area contributed by atoms with Crippen molar-refractivity contribution in [1.82, 2.24) is 5.32 Å². The van der Waals surface area contributed by atoms with E-state index in [1.165, 1.54) is 30.4 Å². The fourth-order valence-corrected chi connectivity index (χ4v) is 2.77. The minimum atomic E-state index is 0.289. The van der Waals surface area contributed by atoms with Gasteiger partial charge in [-0.15, -0.1) is 0 Å². The third kappa shape index (κ3) is 1.68. The molecular weight excluding hydrogens is 186 g/mol. The molecule has 1 aromatic carbocycles. The van der Waals surface area contributed by atoms with Crippen molar-refractivity contribution in [3.8, 4) is 0 Å². The first kappa shape index (κ1) is 9.37. The van der Waals surface area contributed by atoms with Crippen LogP contribution in [0.15, 0.2) is 24.3 Å². The predicted molar refractivity (Wildman–Crippen MR) is 59.9 cm³/mol. The second-order valence-corrected chi connectivity index (χ2v) is 4.44. The molecule has 1 N–H and O–H groups in total. The van der Waals surface area contributed by atoms with E-state index in [0.29, 0.717) is 6.04 Å². The predicted octanol–water partition coefficient (Wildman–Crippen LogP) is 2.05. The Hall–Kier alpha value is -0.860. The molecule has 1 saturated heterocycles. The molecule has 2 heteroatoms. The number of hydrogen-bond donors (Lipinski definition) is 1. The van der Waals surface area contributed by atoms with Crippen molar-refractivity contribution in [2.75, 3.05) is 13.2 Å². The molecule has 0 unspecified atom stereocenters. The van der Waals surface area contributed by atoms with E-state index < -0.39 is 0 Å². The van der Waals surface area contributed by atoms with Gasteiger partial charge in [0.05, 0.1) is 12.7 Å². The molecule has 0 aromatic heterocycles. The fraction of sp³-hybridized carbons (Fsp3) is 0.538. The Labute approximate surface area is 90.6 Å². The zero-order chi connectivity index (χ0) is 10.1. The summed E-state index contributed by atoms with van der Waals surface area (Å²) in [5.41, 5.74) is 2.89. The van der Waals surface area contributed by atoms with E-state index in [9.17, 15) is 0 Å². The van der Waals surface area contributed by atoms with Crippen LogP contribution in [0, 0.1) is 0 Å². The van der Waals surface area contributed by atoms with Crippen LogP contribution in [-0.2, 0) is 11.2 Å². The van der Waals surface area contributed by atoms with E-state index in [1.807, 2.05) is 0 Å². The smallest absolute Gasteiger partial charge is 0.0981 e. The summed E-state index contributed by atoms with van der Waals surface area (Å²) < 4.78 is 5.93.